The number of hydrogen-bond donors (Lipinski definition) is 1. The fraction of sp³-hybridized carbons (Fsp3) is 0.733. The highest BCUT2D eigenvalue weighted by molar-refractivity contribution is 6.31. The molecule has 7 heteroatoms. The van der Waals surface area contributed by atoms with Gasteiger partial charge in [-0.15, -0.1) is 0 Å². The van der Waals surface area contributed by atoms with Crippen molar-refractivity contribution in [3.8, 4) is 0 Å². The molecule has 5 rings (SSSR count). The third kappa shape index (κ3) is 6.88. The van der Waals surface area contributed by atoms with Crippen molar-refractivity contribution >= 4 is 28.5 Å². The van der Waals surface area contributed by atoms with E-state index >= 15 is 0 Å². The molecule has 3 fully saturated rings. The molecule has 1 aromatic heterocycles. The monoisotopic (exact) mass is 529 g/mol. The molecule has 1 saturated heterocycles. The van der Waals surface area contributed by atoms with Gasteiger partial charge in [-0.3, -0.25) is 4.79 Å². The largest absolute Gasteiger partial charge is 0.379 e. The van der Waals surface area contributed by atoms with E-state index in [0.29, 0.717) is 29.3 Å². The van der Waals surface area contributed by atoms with Crippen molar-refractivity contribution in [2.24, 2.45) is 11.8 Å². The van der Waals surface area contributed by atoms with Gasteiger partial charge in [0.15, 0.2) is 5.58 Å². The summed E-state index contributed by atoms with van der Waals surface area (Å²) in [5.74, 6) is 2.04. The molecular formula is C30H44ClN3O3. The van der Waals surface area contributed by atoms with Crippen LogP contribution in [0.5, 0.6) is 0 Å². The molecule has 0 radical (unpaired) electrons. The Bertz CT molecular complexity index is 1030. The molecule has 1 N–H and O–H groups in total. The molecule has 0 atom stereocenters. The second-order valence-corrected chi connectivity index (χ2v) is 12.6. The predicted molar refractivity (Wildman–Crippen MR) is 148 cm³/mol. The number of ether oxygens (including phenoxy) is 1. The molecule has 37 heavy (non-hydrogen) atoms. The van der Waals surface area contributed by atoms with E-state index in [9.17, 15) is 4.79 Å². The molecule has 1 aromatic carbocycles. The second kappa shape index (κ2) is 12.0. The highest BCUT2D eigenvalue weighted by Crippen LogP contribution is 2.36. The number of carbonyl (C=O) groups excluding carboxylic acids is 1. The summed E-state index contributed by atoms with van der Waals surface area (Å²) in [6.45, 7) is 5.64. The van der Waals surface area contributed by atoms with Crippen molar-refractivity contribution in [2.45, 2.75) is 102 Å². The summed E-state index contributed by atoms with van der Waals surface area (Å²) in [5, 5.41) is 9.55. The minimum Gasteiger partial charge on any atom is -0.379 e. The van der Waals surface area contributed by atoms with Gasteiger partial charge in [-0.2, -0.15) is 0 Å². The van der Waals surface area contributed by atoms with Crippen LogP contribution in [0.1, 0.15) is 95.6 Å². The number of halogens is 1. The molecule has 0 spiro atoms. The number of amides is 1. The number of hydrogen-bond acceptors (Lipinski definition) is 5. The van der Waals surface area contributed by atoms with E-state index in [4.69, 9.17) is 20.9 Å². The maximum Gasteiger partial charge on any atom is 0.220 e. The zero-order valence-electron chi connectivity index (χ0n) is 22.6. The van der Waals surface area contributed by atoms with Crippen LogP contribution in [0.3, 0.4) is 0 Å². The van der Waals surface area contributed by atoms with E-state index in [0.717, 1.165) is 87.0 Å². The molecule has 6 nitrogen and oxygen atoms in total. The summed E-state index contributed by atoms with van der Waals surface area (Å²) in [6.07, 6.45) is 13.3. The van der Waals surface area contributed by atoms with E-state index in [1.54, 1.807) is 0 Å². The molecule has 3 aliphatic rings. The van der Waals surface area contributed by atoms with Crippen LogP contribution >= 0.6 is 11.6 Å². The standard InChI is InChI=1S/C30H44ClN3O3/c1-30(36-2)14-9-22(10-15-30)19-28(35)32-25-6-3-21(4-7-25)11-16-34-17-12-23(13-18-34)29-26-8-5-24(31)20-27(26)37-33-29/h5,8,20-23,25H,3-4,6-7,9-19H2,1-2H3,(H,32,35)/t21?,22-,25?,30-. The lowest BCUT2D eigenvalue weighted by Crippen LogP contribution is -2.40. The van der Waals surface area contributed by atoms with Crippen molar-refractivity contribution < 1.29 is 14.1 Å². The number of rotatable bonds is 8. The summed E-state index contributed by atoms with van der Waals surface area (Å²) in [4.78, 5) is 15.3. The summed E-state index contributed by atoms with van der Waals surface area (Å²) < 4.78 is 11.2. The third-order valence-corrected chi connectivity index (χ3v) is 9.87. The number of aromatic nitrogens is 1. The van der Waals surface area contributed by atoms with Crippen LogP contribution in [0.2, 0.25) is 5.02 Å². The maximum atomic E-state index is 12.7. The van der Waals surface area contributed by atoms with Crippen molar-refractivity contribution in [1.82, 2.24) is 15.4 Å². The van der Waals surface area contributed by atoms with Gasteiger partial charge in [0, 0.05) is 42.0 Å². The first-order valence-electron chi connectivity index (χ1n) is 14.5. The molecule has 2 saturated carbocycles. The lowest BCUT2D eigenvalue weighted by atomic mass is 9.78. The van der Waals surface area contributed by atoms with Crippen molar-refractivity contribution in [1.29, 1.82) is 0 Å². The van der Waals surface area contributed by atoms with Gasteiger partial charge in [0.05, 0.1) is 11.3 Å². The minimum atomic E-state index is 0.0163. The van der Waals surface area contributed by atoms with E-state index in [2.05, 4.69) is 22.3 Å². The zero-order valence-corrected chi connectivity index (χ0v) is 23.4. The van der Waals surface area contributed by atoms with Crippen LogP contribution < -0.4 is 5.32 Å². The van der Waals surface area contributed by atoms with Crippen LogP contribution in [-0.4, -0.2) is 54.4 Å². The molecule has 2 heterocycles. The molecule has 0 unspecified atom stereocenters. The lowest BCUT2D eigenvalue weighted by Gasteiger charge is -2.36. The Hall–Kier alpha value is -1.63. The normalized spacial score (nSPS) is 30.0. The number of nitrogens with zero attached hydrogens (tertiary/aromatic N) is 2. The number of carbonyl (C=O) groups is 1. The number of piperidine rings is 1. The van der Waals surface area contributed by atoms with Gasteiger partial charge in [-0.25, -0.2) is 0 Å². The average Bonchev–Trinajstić information content (AvgIpc) is 3.33. The third-order valence-electron chi connectivity index (χ3n) is 9.63. The predicted octanol–water partition coefficient (Wildman–Crippen LogP) is 6.71. The zero-order chi connectivity index (χ0) is 25.8. The van der Waals surface area contributed by atoms with Gasteiger partial charge < -0.3 is 19.5 Å². The number of nitrogens with one attached hydrogen (secondary N) is 1. The maximum absolute atomic E-state index is 12.7. The fourth-order valence-corrected chi connectivity index (χ4v) is 7.02. The van der Waals surface area contributed by atoms with E-state index in [-0.39, 0.29) is 11.5 Å². The molecule has 2 aliphatic carbocycles. The average molecular weight is 530 g/mol. The van der Waals surface area contributed by atoms with Crippen LogP contribution in [0.15, 0.2) is 22.7 Å². The molecule has 1 aliphatic heterocycles. The molecular weight excluding hydrogens is 486 g/mol. The Morgan fingerprint density at radius 2 is 1.84 bits per heavy atom. The molecule has 204 valence electrons. The smallest absolute Gasteiger partial charge is 0.220 e. The van der Waals surface area contributed by atoms with Gasteiger partial charge in [-0.05, 0) is 121 Å². The number of methoxy groups -OCH3 is 1. The Balaban J connectivity index is 0.972. The fourth-order valence-electron chi connectivity index (χ4n) is 6.86. The highest BCUT2D eigenvalue weighted by atomic mass is 35.5. The quantitative estimate of drug-likeness (QED) is 0.411. The van der Waals surface area contributed by atoms with Gasteiger partial charge >= 0.3 is 0 Å². The molecule has 2 aromatic rings. The van der Waals surface area contributed by atoms with E-state index in [1.807, 2.05) is 25.3 Å². The first-order valence-corrected chi connectivity index (χ1v) is 14.9. The van der Waals surface area contributed by atoms with Gasteiger partial charge in [0.1, 0.15) is 0 Å². The van der Waals surface area contributed by atoms with Gasteiger partial charge in [-0.1, -0.05) is 16.8 Å². The van der Waals surface area contributed by atoms with E-state index in [1.165, 1.54) is 25.8 Å². The Morgan fingerprint density at radius 1 is 1.11 bits per heavy atom. The minimum absolute atomic E-state index is 0.0163. The summed E-state index contributed by atoms with van der Waals surface area (Å²) in [7, 11) is 1.81. The van der Waals surface area contributed by atoms with Gasteiger partial charge in [0.25, 0.3) is 0 Å². The number of fused-ring (bicyclic) bond motifs is 1. The molecule has 1 amide bonds. The van der Waals surface area contributed by atoms with Crippen molar-refractivity contribution in [3.63, 3.8) is 0 Å². The van der Waals surface area contributed by atoms with Crippen LogP contribution in [0.4, 0.5) is 0 Å². The topological polar surface area (TPSA) is 67.6 Å². The SMILES string of the molecule is CO[C@]1(C)CC[C@@H](CC(=O)NC2CCC(CCN3CCC(c4noc5cc(Cl)ccc45)CC3)CC2)CC1. The van der Waals surface area contributed by atoms with Gasteiger partial charge in [0.2, 0.25) is 5.91 Å². The van der Waals surface area contributed by atoms with E-state index < -0.39 is 0 Å². The molecule has 0 bridgehead atoms. The first-order chi connectivity index (χ1) is 17.9. The Kier molecular flexibility index (Phi) is 8.78. The van der Waals surface area contributed by atoms with Crippen LogP contribution in [-0.2, 0) is 9.53 Å². The first kappa shape index (κ1) is 27.0. The summed E-state index contributed by atoms with van der Waals surface area (Å²) in [5.41, 5.74) is 1.91. The highest BCUT2D eigenvalue weighted by Gasteiger charge is 2.32. The second-order valence-electron chi connectivity index (χ2n) is 12.2. The number of benzene rings is 1. The van der Waals surface area contributed by atoms with Crippen molar-refractivity contribution in [3.05, 3.63) is 28.9 Å². The van der Waals surface area contributed by atoms with Crippen LogP contribution in [0.25, 0.3) is 11.0 Å². The Morgan fingerprint density at radius 3 is 2.54 bits per heavy atom. The summed E-state index contributed by atoms with van der Waals surface area (Å²) in [6, 6.07) is 6.20. The van der Waals surface area contributed by atoms with Crippen LogP contribution in [0, 0.1) is 11.8 Å². The van der Waals surface area contributed by atoms with Crippen molar-refractivity contribution in [2.75, 3.05) is 26.7 Å². The number of likely N-dealkylation sites (tertiary alicyclic amines) is 1. The summed E-state index contributed by atoms with van der Waals surface area (Å²) >= 11 is 6.09. The Labute approximate surface area is 226 Å². The lowest BCUT2D eigenvalue weighted by molar-refractivity contribution is -0.124.